The summed E-state index contributed by atoms with van der Waals surface area (Å²) in [5.41, 5.74) is 0. The van der Waals surface area contributed by atoms with E-state index in [9.17, 15) is 13.2 Å². The van der Waals surface area contributed by atoms with Crippen LogP contribution in [-0.2, 0) is 14.8 Å². The zero-order chi connectivity index (χ0) is 18.9. The zero-order valence-electron chi connectivity index (χ0n) is 15.8. The number of hydrogen-bond donors (Lipinski definition) is 0. The third kappa shape index (κ3) is 4.13. The Kier molecular flexibility index (Phi) is 6.06. The average molecular weight is 400 g/mol. The van der Waals surface area contributed by atoms with Gasteiger partial charge in [0.1, 0.15) is 4.21 Å². The lowest BCUT2D eigenvalue weighted by atomic mass is 9.91. The standard InChI is InChI=1S/C18H29N3O3S2/c1-14-11-15(2)13-20(12-14)18(22)16(3)19-6-8-21(9-7-19)26(23,24)17-5-4-10-25-17/h4-5,10,14-16H,6-9,11-13H2,1-3H3/t14-,15+,16-/m1/s1. The van der Waals surface area contributed by atoms with Crippen molar-refractivity contribution in [3.05, 3.63) is 17.5 Å². The first-order valence-corrected chi connectivity index (χ1v) is 11.7. The number of carbonyl (C=O) groups is 1. The first-order valence-electron chi connectivity index (χ1n) is 9.35. The van der Waals surface area contributed by atoms with Crippen LogP contribution in [0.5, 0.6) is 0 Å². The van der Waals surface area contributed by atoms with E-state index in [0.29, 0.717) is 42.2 Å². The highest BCUT2D eigenvalue weighted by Crippen LogP contribution is 2.24. The minimum Gasteiger partial charge on any atom is -0.341 e. The number of piperazine rings is 1. The lowest BCUT2D eigenvalue weighted by Gasteiger charge is -2.41. The van der Waals surface area contributed by atoms with Crippen molar-refractivity contribution in [1.82, 2.24) is 14.1 Å². The molecule has 3 heterocycles. The lowest BCUT2D eigenvalue weighted by molar-refractivity contribution is -0.139. The molecule has 1 aromatic rings. The molecule has 26 heavy (non-hydrogen) atoms. The van der Waals surface area contributed by atoms with Crippen molar-refractivity contribution in [1.29, 1.82) is 0 Å². The fourth-order valence-electron chi connectivity index (χ4n) is 4.13. The summed E-state index contributed by atoms with van der Waals surface area (Å²) < 4.78 is 27.2. The van der Waals surface area contributed by atoms with Gasteiger partial charge >= 0.3 is 0 Å². The molecule has 146 valence electrons. The highest BCUT2D eigenvalue weighted by Gasteiger charge is 2.35. The molecule has 0 saturated carbocycles. The Balaban J connectivity index is 1.58. The van der Waals surface area contributed by atoms with Crippen LogP contribution >= 0.6 is 11.3 Å². The average Bonchev–Trinajstić information content (AvgIpc) is 3.15. The molecule has 0 unspecified atom stereocenters. The lowest BCUT2D eigenvalue weighted by Crippen LogP contribution is -2.56. The predicted octanol–water partition coefficient (Wildman–Crippen LogP) is 1.95. The van der Waals surface area contributed by atoms with Gasteiger partial charge in [0.2, 0.25) is 5.91 Å². The second-order valence-electron chi connectivity index (χ2n) is 7.74. The van der Waals surface area contributed by atoms with Gasteiger partial charge in [0.05, 0.1) is 6.04 Å². The van der Waals surface area contributed by atoms with Crippen LogP contribution in [0.25, 0.3) is 0 Å². The Labute approximate surface area is 160 Å². The molecule has 3 rings (SSSR count). The zero-order valence-corrected chi connectivity index (χ0v) is 17.4. The number of nitrogens with zero attached hydrogens (tertiary/aromatic N) is 3. The van der Waals surface area contributed by atoms with Crippen molar-refractivity contribution in [3.63, 3.8) is 0 Å². The minimum atomic E-state index is -3.39. The molecule has 2 aliphatic heterocycles. The Bertz CT molecular complexity index is 702. The van der Waals surface area contributed by atoms with E-state index >= 15 is 0 Å². The molecule has 0 spiro atoms. The second kappa shape index (κ2) is 7.96. The SMILES string of the molecule is C[C@@H]1C[C@H](C)CN(C(=O)[C@@H](C)N2CCN(S(=O)(=O)c3cccs3)CC2)C1. The van der Waals surface area contributed by atoms with Crippen molar-refractivity contribution < 1.29 is 13.2 Å². The molecule has 8 heteroatoms. The number of thiophene rings is 1. The van der Waals surface area contributed by atoms with E-state index in [0.717, 1.165) is 13.1 Å². The van der Waals surface area contributed by atoms with Crippen molar-refractivity contribution in [2.75, 3.05) is 39.3 Å². The van der Waals surface area contributed by atoms with Crippen molar-refractivity contribution in [2.45, 2.75) is 37.4 Å². The van der Waals surface area contributed by atoms with Crippen LogP contribution in [0.1, 0.15) is 27.2 Å². The molecule has 0 aliphatic carbocycles. The molecule has 1 amide bonds. The summed E-state index contributed by atoms with van der Waals surface area (Å²) in [6.45, 7) is 10.1. The van der Waals surface area contributed by atoms with Gasteiger partial charge in [0.15, 0.2) is 0 Å². The van der Waals surface area contributed by atoms with E-state index in [1.807, 2.05) is 11.8 Å². The number of amides is 1. The van der Waals surface area contributed by atoms with Gasteiger partial charge in [-0.3, -0.25) is 9.69 Å². The summed E-state index contributed by atoms with van der Waals surface area (Å²) in [5, 5.41) is 1.78. The Morgan fingerprint density at radius 1 is 1.15 bits per heavy atom. The minimum absolute atomic E-state index is 0.179. The first kappa shape index (κ1) is 19.8. The van der Waals surface area contributed by atoms with Crippen LogP contribution in [0.4, 0.5) is 0 Å². The monoisotopic (exact) mass is 399 g/mol. The van der Waals surface area contributed by atoms with Gasteiger partial charge in [-0.05, 0) is 36.6 Å². The summed E-state index contributed by atoms with van der Waals surface area (Å²) in [6.07, 6.45) is 1.18. The summed E-state index contributed by atoms with van der Waals surface area (Å²) in [7, 11) is -3.39. The maximum atomic E-state index is 12.9. The van der Waals surface area contributed by atoms with Crippen LogP contribution in [0.3, 0.4) is 0 Å². The van der Waals surface area contributed by atoms with Gasteiger partial charge in [-0.25, -0.2) is 8.42 Å². The molecule has 2 saturated heterocycles. The molecule has 0 N–H and O–H groups in total. The van der Waals surface area contributed by atoms with Crippen LogP contribution in [0, 0.1) is 11.8 Å². The molecule has 3 atom stereocenters. The van der Waals surface area contributed by atoms with Gasteiger partial charge in [0, 0.05) is 39.3 Å². The number of sulfonamides is 1. The third-order valence-corrected chi connectivity index (χ3v) is 8.72. The van der Waals surface area contributed by atoms with E-state index in [-0.39, 0.29) is 11.9 Å². The number of rotatable bonds is 4. The molecule has 2 aliphatic rings. The molecular formula is C18H29N3O3S2. The molecule has 1 aromatic heterocycles. The molecular weight excluding hydrogens is 370 g/mol. The Hall–Kier alpha value is -0.960. The highest BCUT2D eigenvalue weighted by atomic mass is 32.2. The van der Waals surface area contributed by atoms with E-state index in [4.69, 9.17) is 0 Å². The van der Waals surface area contributed by atoms with Gasteiger partial charge in [0.25, 0.3) is 10.0 Å². The quantitative estimate of drug-likeness (QED) is 0.776. The topological polar surface area (TPSA) is 60.9 Å². The van der Waals surface area contributed by atoms with Crippen LogP contribution in [-0.4, -0.2) is 73.7 Å². The molecule has 0 bridgehead atoms. The van der Waals surface area contributed by atoms with E-state index in [2.05, 4.69) is 18.7 Å². The molecule has 0 radical (unpaired) electrons. The normalized spacial score (nSPS) is 27.4. The van der Waals surface area contributed by atoms with Gasteiger partial charge in [-0.2, -0.15) is 4.31 Å². The van der Waals surface area contributed by atoms with Crippen molar-refractivity contribution in [2.24, 2.45) is 11.8 Å². The maximum Gasteiger partial charge on any atom is 0.252 e. The fourth-order valence-corrected chi connectivity index (χ4v) is 6.70. The highest BCUT2D eigenvalue weighted by molar-refractivity contribution is 7.91. The number of carbonyl (C=O) groups excluding carboxylic acids is 1. The van der Waals surface area contributed by atoms with E-state index < -0.39 is 10.0 Å². The summed E-state index contributed by atoms with van der Waals surface area (Å²) in [6, 6.07) is 3.21. The first-order chi connectivity index (χ1) is 12.3. The summed E-state index contributed by atoms with van der Waals surface area (Å²) in [4.78, 5) is 17.0. The van der Waals surface area contributed by atoms with Gasteiger partial charge in [-0.1, -0.05) is 19.9 Å². The number of likely N-dealkylation sites (tertiary alicyclic amines) is 1. The van der Waals surface area contributed by atoms with Crippen LogP contribution < -0.4 is 0 Å². The van der Waals surface area contributed by atoms with E-state index in [1.54, 1.807) is 17.5 Å². The third-order valence-electron chi connectivity index (χ3n) is 5.45. The fraction of sp³-hybridized carbons (Fsp3) is 0.722. The van der Waals surface area contributed by atoms with Crippen molar-refractivity contribution >= 4 is 27.3 Å². The Morgan fingerprint density at radius 3 is 2.31 bits per heavy atom. The number of piperidine rings is 1. The van der Waals surface area contributed by atoms with E-state index in [1.165, 1.54) is 22.1 Å². The summed E-state index contributed by atoms with van der Waals surface area (Å²) in [5.74, 6) is 1.27. The summed E-state index contributed by atoms with van der Waals surface area (Å²) >= 11 is 1.25. The van der Waals surface area contributed by atoms with Crippen LogP contribution in [0.15, 0.2) is 21.7 Å². The smallest absolute Gasteiger partial charge is 0.252 e. The largest absolute Gasteiger partial charge is 0.341 e. The molecule has 0 aromatic carbocycles. The predicted molar refractivity (Wildman–Crippen MR) is 104 cm³/mol. The number of hydrogen-bond acceptors (Lipinski definition) is 5. The Morgan fingerprint density at radius 2 is 1.77 bits per heavy atom. The molecule has 2 fully saturated rings. The van der Waals surface area contributed by atoms with Gasteiger partial charge in [-0.15, -0.1) is 11.3 Å². The van der Waals surface area contributed by atoms with Gasteiger partial charge < -0.3 is 4.90 Å². The maximum absolute atomic E-state index is 12.9. The second-order valence-corrected chi connectivity index (χ2v) is 10.8. The van der Waals surface area contributed by atoms with Crippen LogP contribution in [0.2, 0.25) is 0 Å². The molecule has 6 nitrogen and oxygen atoms in total. The van der Waals surface area contributed by atoms with Crippen molar-refractivity contribution in [3.8, 4) is 0 Å².